The van der Waals surface area contributed by atoms with Crippen LogP contribution in [0, 0.1) is 50.2 Å². The summed E-state index contributed by atoms with van der Waals surface area (Å²) < 4.78 is 90.6. The first-order valence-corrected chi connectivity index (χ1v) is 39.0. The molecule has 6 saturated heterocycles. The maximum atomic E-state index is 16.5. The largest absolute Gasteiger partial charge is 0.497 e. The fourth-order valence-electron chi connectivity index (χ4n) is 20.7. The molecule has 0 amide bonds. The normalized spacial score (nSPS) is 48.8. The zero-order valence-electron chi connectivity index (χ0n) is 64.9. The summed E-state index contributed by atoms with van der Waals surface area (Å²) in [6, 6.07) is 6.55. The molecule has 18 N–H and O–H groups in total. The SMILES string of the molecule is COc1ccc(/C=C\C(=O)O[C@@H]2[C@H](O[C@@H]3O[C@H](COC(C)=O)[C@@H](O)[C@H](O)[C@H]3O)[C@@H](O[C@@H]3O[C@@H](C)[C@H](O[C@@H]4OC[C@@H](O[C@@H]5O[C@H](CO)[C@H](O)[C@H](O)[C@H]5O)[C@H](O)[C@H]4O)[C@@H](O)[C@H]3O)[C@H](OC(=O)[C@]34CCC(C)(C)C[C@H]3C3=CC[C@@H]5[C@@]6(C)C[C@H](O)[C@H](O[C@@H]7O[C@H](CO)[C@@H](O)[C@H](O)[C@H]7O)[C@@](C)(C(=O)O)[C@@H]6CC[C@@]5(C)[C@]3(CO)CC4)O[C@@H]2C)cc1. The van der Waals surface area contributed by atoms with Gasteiger partial charge in [-0.1, -0.05) is 51.5 Å². The van der Waals surface area contributed by atoms with Gasteiger partial charge in [0.15, 0.2) is 43.7 Å². The molecule has 0 aromatic heterocycles. The molecule has 4 saturated carbocycles. The second kappa shape index (κ2) is 34.4. The van der Waals surface area contributed by atoms with E-state index in [4.69, 9.17) is 71.1 Å². The summed E-state index contributed by atoms with van der Waals surface area (Å²) in [4.78, 5) is 57.0. The van der Waals surface area contributed by atoms with Gasteiger partial charge in [-0.15, -0.1) is 0 Å². The number of ether oxygens (including phenoxy) is 15. The van der Waals surface area contributed by atoms with E-state index in [-0.39, 0.29) is 38.5 Å². The van der Waals surface area contributed by atoms with E-state index in [2.05, 4.69) is 6.92 Å². The van der Waals surface area contributed by atoms with Crippen molar-refractivity contribution < 1.29 is 182 Å². The Morgan fingerprint density at radius 3 is 1.68 bits per heavy atom. The molecule has 644 valence electrons. The number of benzene rings is 1. The zero-order chi connectivity index (χ0) is 83.1. The molecular weight excluding hydrogens is 1520 g/mol. The lowest BCUT2D eigenvalue weighted by Crippen LogP contribution is -2.71. The lowest BCUT2D eigenvalue weighted by molar-refractivity contribution is -0.393. The number of aliphatic hydroxyl groups is 17. The fourth-order valence-corrected chi connectivity index (χ4v) is 20.7. The van der Waals surface area contributed by atoms with E-state index in [0.717, 1.165) is 18.6 Å². The number of aliphatic carboxylic acids is 1. The van der Waals surface area contributed by atoms with Crippen molar-refractivity contribution in [3.63, 3.8) is 0 Å². The van der Waals surface area contributed by atoms with Crippen LogP contribution in [-0.2, 0) is 85.5 Å². The third-order valence-corrected chi connectivity index (χ3v) is 27.2. The number of esters is 3. The Labute approximate surface area is 657 Å². The predicted octanol–water partition coefficient (Wildman–Crippen LogP) is -3.84. The van der Waals surface area contributed by atoms with Gasteiger partial charge in [-0.05, 0) is 136 Å². The number of carbonyl (C=O) groups is 4. The van der Waals surface area contributed by atoms with E-state index in [1.165, 1.54) is 34.0 Å². The molecule has 6 aliphatic heterocycles. The van der Waals surface area contributed by atoms with Gasteiger partial charge in [0, 0.05) is 18.4 Å². The number of hydrogen-bond acceptors (Lipinski definition) is 36. The zero-order valence-corrected chi connectivity index (χ0v) is 64.9. The number of methoxy groups -OCH3 is 1. The number of allylic oxidation sites excluding steroid dienone is 1. The number of carboxylic acids is 1. The van der Waals surface area contributed by atoms with E-state index >= 15 is 4.79 Å². The van der Waals surface area contributed by atoms with E-state index < -0.39 is 297 Å². The molecule has 114 heavy (non-hydrogen) atoms. The maximum absolute atomic E-state index is 16.5. The highest BCUT2D eigenvalue weighted by Gasteiger charge is 2.74. The molecule has 0 radical (unpaired) electrons. The molecule has 6 heterocycles. The molecule has 1 aromatic carbocycles. The Hall–Kier alpha value is -4.74. The van der Waals surface area contributed by atoms with Gasteiger partial charge in [-0.2, -0.15) is 0 Å². The maximum Gasteiger partial charge on any atom is 0.331 e. The standard InChI is InChI=1S/C77H114O37/c1-31-59(110-64-54(92)49(87)42(29-102-64)107-66-55(93)50(88)46(84)39(26-78)105-66)53(91)58(96)65(103-31)112-62-61(111-67-56(94)52(90)48(86)41(108-67)28-101-33(3)81)60(109-45(83)17-12-34-10-13-35(100-9)14-11-34)32(2)104-69(62)114-71(99)76-21-20-72(4,5)24-37(76)36-15-16-43-73(6)25-38(82)63(113-68-57(95)51(89)47(85)40(27-79)106-68)75(8,70(97)98)44(73)18-19-74(43,7)77(36,30-80)23-22-76/h10-15,17,31-32,37-44,46-69,78-80,82,84-96H,16,18-30H2,1-9H3,(H,97,98)/b17-12-/t31-,32+,37-,38-,39+,40+,41+,42+,43+,44+,46-,47+,48+,49-,50-,51-,52-,53-,54+,55+,56+,57+,58+,59-,60-,61-,62+,63-,64-,65-,66-,67-,68-,69-,73+,74+,75-,76-,77-/m0/s1. The van der Waals surface area contributed by atoms with Crippen LogP contribution >= 0.6 is 0 Å². The van der Waals surface area contributed by atoms with Crippen LogP contribution < -0.4 is 4.74 Å². The van der Waals surface area contributed by atoms with Crippen molar-refractivity contribution in [3.8, 4) is 5.75 Å². The minimum absolute atomic E-state index is 0.0461. The number of fused-ring (bicyclic) bond motifs is 7. The van der Waals surface area contributed by atoms with E-state index in [9.17, 15) is 106 Å². The first-order chi connectivity index (χ1) is 53.7. The molecule has 39 atom stereocenters. The van der Waals surface area contributed by atoms with Crippen molar-refractivity contribution in [3.05, 3.63) is 47.6 Å². The molecule has 1 aromatic rings. The smallest absolute Gasteiger partial charge is 0.331 e. The first-order valence-electron chi connectivity index (χ1n) is 39.0. The molecule has 5 aliphatic carbocycles. The second-order valence-electron chi connectivity index (χ2n) is 34.4. The van der Waals surface area contributed by atoms with Crippen molar-refractivity contribution in [1.82, 2.24) is 0 Å². The monoisotopic (exact) mass is 1630 g/mol. The summed E-state index contributed by atoms with van der Waals surface area (Å²) in [7, 11) is 1.47. The summed E-state index contributed by atoms with van der Waals surface area (Å²) in [5, 5.41) is 202. The van der Waals surface area contributed by atoms with Gasteiger partial charge in [-0.3, -0.25) is 14.4 Å². The highest BCUT2D eigenvalue weighted by Crippen LogP contribution is 2.76. The molecule has 37 heteroatoms. The number of carboxylic acid groups (broad SMARTS) is 1. The van der Waals surface area contributed by atoms with Gasteiger partial charge in [0.1, 0.15) is 134 Å². The number of aliphatic hydroxyl groups excluding tert-OH is 17. The Kier molecular flexibility index (Phi) is 26.7. The van der Waals surface area contributed by atoms with Crippen LogP contribution in [0.5, 0.6) is 5.75 Å². The van der Waals surface area contributed by atoms with Crippen LogP contribution in [0.4, 0.5) is 0 Å². The summed E-state index contributed by atoms with van der Waals surface area (Å²) in [5.41, 5.74) is -5.64. The van der Waals surface area contributed by atoms with Gasteiger partial charge < -0.3 is 163 Å². The minimum atomic E-state index is -2.24. The van der Waals surface area contributed by atoms with E-state index in [1.54, 1.807) is 24.3 Å². The fraction of sp³-hybridized carbons (Fsp3) is 0.818. The van der Waals surface area contributed by atoms with Crippen molar-refractivity contribution >= 4 is 30.0 Å². The second-order valence-corrected chi connectivity index (χ2v) is 34.4. The summed E-state index contributed by atoms with van der Waals surface area (Å²) in [5.74, 6) is -5.50. The topological polar surface area (TPSA) is 571 Å². The van der Waals surface area contributed by atoms with Crippen LogP contribution in [-0.4, -0.2) is 346 Å². The molecule has 0 bridgehead atoms. The Morgan fingerprint density at radius 2 is 1.08 bits per heavy atom. The molecule has 0 unspecified atom stereocenters. The van der Waals surface area contributed by atoms with Crippen LogP contribution in [0.25, 0.3) is 6.08 Å². The molecule has 12 rings (SSSR count). The molecule has 10 fully saturated rings. The van der Waals surface area contributed by atoms with Crippen molar-refractivity contribution in [2.45, 2.75) is 304 Å². The average molecular weight is 1630 g/mol. The van der Waals surface area contributed by atoms with Crippen molar-refractivity contribution in [2.24, 2.45) is 50.2 Å². The first kappa shape index (κ1) is 88.5. The Bertz CT molecular complexity index is 3570. The highest BCUT2D eigenvalue weighted by atomic mass is 16.8. The van der Waals surface area contributed by atoms with Crippen LogP contribution in [0.2, 0.25) is 0 Å². The summed E-state index contributed by atoms with van der Waals surface area (Å²) in [6.07, 6.45) is -50.1. The molecule has 37 nitrogen and oxygen atoms in total. The average Bonchev–Trinajstić information content (AvgIpc) is 0.670. The lowest BCUT2D eigenvalue weighted by atomic mass is 9.33. The minimum Gasteiger partial charge on any atom is -0.497 e. The van der Waals surface area contributed by atoms with Crippen LogP contribution in [0.1, 0.15) is 119 Å². The number of rotatable bonds is 22. The summed E-state index contributed by atoms with van der Waals surface area (Å²) in [6.45, 7) is 10.0. The quantitative estimate of drug-likeness (QED) is 0.0174. The molecular formula is C77H114O37. The number of hydrogen-bond donors (Lipinski definition) is 18. The van der Waals surface area contributed by atoms with Gasteiger partial charge in [0.2, 0.25) is 6.29 Å². The van der Waals surface area contributed by atoms with Gasteiger partial charge in [-0.25, -0.2) is 4.79 Å². The van der Waals surface area contributed by atoms with Crippen LogP contribution in [0.15, 0.2) is 42.0 Å². The Balaban J connectivity index is 0.871. The third kappa shape index (κ3) is 16.0. The van der Waals surface area contributed by atoms with Gasteiger partial charge in [0.05, 0.1) is 62.7 Å². The third-order valence-electron chi connectivity index (χ3n) is 27.2. The summed E-state index contributed by atoms with van der Waals surface area (Å²) >= 11 is 0. The number of carbonyl (C=O) groups excluding carboxylic acids is 3. The predicted molar refractivity (Wildman–Crippen MR) is 379 cm³/mol. The Morgan fingerprint density at radius 1 is 0.544 bits per heavy atom. The highest BCUT2D eigenvalue weighted by molar-refractivity contribution is 5.87. The van der Waals surface area contributed by atoms with Crippen LogP contribution in [0.3, 0.4) is 0 Å². The van der Waals surface area contributed by atoms with E-state index in [1.807, 2.05) is 26.8 Å². The van der Waals surface area contributed by atoms with Gasteiger partial charge >= 0.3 is 23.9 Å². The molecule has 11 aliphatic rings. The van der Waals surface area contributed by atoms with Crippen molar-refractivity contribution in [1.29, 1.82) is 0 Å². The van der Waals surface area contributed by atoms with Gasteiger partial charge in [0.25, 0.3) is 0 Å². The lowest BCUT2D eigenvalue weighted by Gasteiger charge is -2.71. The molecule has 0 spiro atoms. The van der Waals surface area contributed by atoms with E-state index in [0.29, 0.717) is 30.6 Å². The van der Waals surface area contributed by atoms with Crippen molar-refractivity contribution in [2.75, 3.05) is 40.1 Å².